The van der Waals surface area contributed by atoms with Gasteiger partial charge in [-0.25, -0.2) is 14.6 Å². The molecule has 1 aromatic carbocycles. The molecule has 0 aliphatic carbocycles. The Morgan fingerprint density at radius 3 is 2.74 bits per heavy atom. The van der Waals surface area contributed by atoms with Crippen LogP contribution in [0.3, 0.4) is 0 Å². The average Bonchev–Trinajstić information content (AvgIpc) is 3.33. The molecular weight excluding hydrogens is 346 g/mol. The highest BCUT2D eigenvalue weighted by Gasteiger charge is 2.15. The van der Waals surface area contributed by atoms with Crippen molar-refractivity contribution in [2.45, 2.75) is 6.54 Å². The number of hydrogen-bond donors (Lipinski definition) is 3. The highest BCUT2D eigenvalue weighted by molar-refractivity contribution is 6.39. The first-order valence-corrected chi connectivity index (χ1v) is 8.18. The molecule has 2 amide bonds. The number of amides is 2. The van der Waals surface area contributed by atoms with E-state index in [0.717, 1.165) is 11.0 Å². The number of fused-ring (bicyclic) bond motifs is 1. The number of H-pyrrole nitrogens is 1. The molecule has 9 nitrogen and oxygen atoms in total. The highest BCUT2D eigenvalue weighted by Crippen LogP contribution is 2.11. The van der Waals surface area contributed by atoms with Gasteiger partial charge >= 0.3 is 11.8 Å². The summed E-state index contributed by atoms with van der Waals surface area (Å²) in [4.78, 5) is 35.6. The standard InChI is InChI=1S/C18H15N7O2/c26-17(20-10-15-23-13-5-1-2-6-14(13)24-15)18(27)22-12-9-21-25(11-12)16-7-3-4-8-19-16/h1-9,11H,10H2,(H,20,26)(H,22,27)(H,23,24). The predicted molar refractivity (Wildman–Crippen MR) is 97.9 cm³/mol. The van der Waals surface area contributed by atoms with Crippen LogP contribution in [-0.4, -0.2) is 36.5 Å². The van der Waals surface area contributed by atoms with Crippen LogP contribution in [-0.2, 0) is 16.1 Å². The molecule has 134 valence electrons. The van der Waals surface area contributed by atoms with Crippen LogP contribution in [0.5, 0.6) is 0 Å². The number of pyridine rings is 1. The van der Waals surface area contributed by atoms with E-state index in [1.165, 1.54) is 10.9 Å². The van der Waals surface area contributed by atoms with Gasteiger partial charge in [0.15, 0.2) is 5.82 Å². The Morgan fingerprint density at radius 1 is 1.07 bits per heavy atom. The number of aromatic nitrogens is 5. The molecule has 4 aromatic rings. The van der Waals surface area contributed by atoms with E-state index in [1.807, 2.05) is 30.3 Å². The smallest absolute Gasteiger partial charge is 0.313 e. The van der Waals surface area contributed by atoms with Gasteiger partial charge in [-0.05, 0) is 24.3 Å². The number of hydrogen-bond acceptors (Lipinski definition) is 5. The molecule has 0 saturated heterocycles. The van der Waals surface area contributed by atoms with Gasteiger partial charge in [0.25, 0.3) is 0 Å². The highest BCUT2D eigenvalue weighted by atomic mass is 16.2. The molecule has 0 unspecified atom stereocenters. The Labute approximate surface area is 153 Å². The van der Waals surface area contributed by atoms with Gasteiger partial charge < -0.3 is 15.6 Å². The summed E-state index contributed by atoms with van der Waals surface area (Å²) >= 11 is 0. The van der Waals surface area contributed by atoms with E-state index in [1.54, 1.807) is 24.5 Å². The van der Waals surface area contributed by atoms with Crippen LogP contribution in [0.1, 0.15) is 5.82 Å². The van der Waals surface area contributed by atoms with Crippen molar-refractivity contribution >= 4 is 28.5 Å². The molecule has 0 fully saturated rings. The number of aromatic amines is 1. The Balaban J connectivity index is 1.35. The number of carbonyl (C=O) groups excluding carboxylic acids is 2. The van der Waals surface area contributed by atoms with Crippen LogP contribution in [0, 0.1) is 0 Å². The molecule has 3 aromatic heterocycles. The fraction of sp³-hybridized carbons (Fsp3) is 0.0556. The van der Waals surface area contributed by atoms with Gasteiger partial charge in [0, 0.05) is 6.20 Å². The Bertz CT molecular complexity index is 1070. The SMILES string of the molecule is O=C(NCc1nc2ccccc2[nH]1)C(=O)Nc1cnn(-c2ccccn2)c1. The summed E-state index contributed by atoms with van der Waals surface area (Å²) in [5, 5.41) is 9.15. The third-order valence-corrected chi connectivity index (χ3v) is 3.79. The molecule has 3 heterocycles. The topological polar surface area (TPSA) is 118 Å². The molecule has 27 heavy (non-hydrogen) atoms. The predicted octanol–water partition coefficient (Wildman–Crippen LogP) is 1.40. The lowest BCUT2D eigenvalue weighted by atomic mass is 10.3. The van der Waals surface area contributed by atoms with Gasteiger partial charge in [-0.3, -0.25) is 9.59 Å². The van der Waals surface area contributed by atoms with Crippen molar-refractivity contribution in [2.75, 3.05) is 5.32 Å². The lowest BCUT2D eigenvalue weighted by Gasteiger charge is -2.03. The van der Waals surface area contributed by atoms with E-state index in [0.29, 0.717) is 17.3 Å². The molecule has 0 aliphatic heterocycles. The molecule has 0 saturated carbocycles. The van der Waals surface area contributed by atoms with Crippen molar-refractivity contribution in [3.8, 4) is 5.82 Å². The zero-order chi connectivity index (χ0) is 18.6. The number of rotatable bonds is 4. The van der Waals surface area contributed by atoms with Crippen LogP contribution in [0.2, 0.25) is 0 Å². The van der Waals surface area contributed by atoms with E-state index in [4.69, 9.17) is 0 Å². The largest absolute Gasteiger partial charge is 0.341 e. The van der Waals surface area contributed by atoms with E-state index in [2.05, 4.69) is 30.7 Å². The van der Waals surface area contributed by atoms with Crippen LogP contribution < -0.4 is 10.6 Å². The summed E-state index contributed by atoms with van der Waals surface area (Å²) in [6.07, 6.45) is 4.66. The molecular formula is C18H15N7O2. The van der Waals surface area contributed by atoms with Gasteiger partial charge in [-0.2, -0.15) is 5.10 Å². The molecule has 9 heteroatoms. The molecule has 0 aliphatic rings. The first-order chi connectivity index (χ1) is 13.2. The van der Waals surface area contributed by atoms with E-state index in [9.17, 15) is 9.59 Å². The van der Waals surface area contributed by atoms with Crippen molar-refractivity contribution in [1.82, 2.24) is 30.0 Å². The minimum atomic E-state index is -0.785. The summed E-state index contributed by atoms with van der Waals surface area (Å²) in [5.41, 5.74) is 2.06. The van der Waals surface area contributed by atoms with Crippen LogP contribution in [0.15, 0.2) is 61.1 Å². The Hall–Kier alpha value is -4.01. The molecule has 3 N–H and O–H groups in total. The van der Waals surface area contributed by atoms with E-state index >= 15 is 0 Å². The summed E-state index contributed by atoms with van der Waals surface area (Å²) < 4.78 is 1.50. The molecule has 0 bridgehead atoms. The summed E-state index contributed by atoms with van der Waals surface area (Å²) in [7, 11) is 0. The van der Waals surface area contributed by atoms with Crippen molar-refractivity contribution < 1.29 is 9.59 Å². The molecule has 4 rings (SSSR count). The van der Waals surface area contributed by atoms with Crippen molar-refractivity contribution in [3.05, 3.63) is 66.9 Å². The number of carbonyl (C=O) groups is 2. The zero-order valence-electron chi connectivity index (χ0n) is 14.1. The first kappa shape index (κ1) is 16.5. The number of benzene rings is 1. The fourth-order valence-electron chi connectivity index (χ4n) is 2.52. The van der Waals surface area contributed by atoms with Gasteiger partial charge in [0.05, 0.1) is 35.7 Å². The Morgan fingerprint density at radius 2 is 1.93 bits per heavy atom. The minimum absolute atomic E-state index is 0.119. The normalized spacial score (nSPS) is 10.7. The van der Waals surface area contributed by atoms with E-state index in [-0.39, 0.29) is 6.54 Å². The summed E-state index contributed by atoms with van der Waals surface area (Å²) in [6, 6.07) is 12.9. The van der Waals surface area contributed by atoms with Crippen LogP contribution in [0.25, 0.3) is 16.9 Å². The second kappa shape index (κ2) is 7.08. The maximum absolute atomic E-state index is 12.0. The summed E-state index contributed by atoms with van der Waals surface area (Å²) in [5.74, 6) is -0.375. The van der Waals surface area contributed by atoms with Crippen molar-refractivity contribution in [1.29, 1.82) is 0 Å². The van der Waals surface area contributed by atoms with Crippen molar-refractivity contribution in [3.63, 3.8) is 0 Å². The van der Waals surface area contributed by atoms with E-state index < -0.39 is 11.8 Å². The summed E-state index contributed by atoms with van der Waals surface area (Å²) in [6.45, 7) is 0.119. The third-order valence-electron chi connectivity index (χ3n) is 3.79. The second-order valence-electron chi connectivity index (χ2n) is 5.70. The number of imidazole rings is 1. The maximum atomic E-state index is 12.0. The molecule has 0 atom stereocenters. The zero-order valence-corrected chi connectivity index (χ0v) is 14.1. The molecule has 0 radical (unpaired) electrons. The maximum Gasteiger partial charge on any atom is 0.313 e. The average molecular weight is 361 g/mol. The third kappa shape index (κ3) is 3.66. The van der Waals surface area contributed by atoms with Gasteiger partial charge in [0.2, 0.25) is 0 Å². The monoisotopic (exact) mass is 361 g/mol. The second-order valence-corrected chi connectivity index (χ2v) is 5.70. The quantitative estimate of drug-likeness (QED) is 0.475. The number of anilines is 1. The minimum Gasteiger partial charge on any atom is -0.341 e. The Kier molecular flexibility index (Phi) is 4.32. The van der Waals surface area contributed by atoms with Gasteiger partial charge in [-0.1, -0.05) is 18.2 Å². The number of nitrogens with zero attached hydrogens (tertiary/aromatic N) is 4. The first-order valence-electron chi connectivity index (χ1n) is 8.18. The lowest BCUT2D eigenvalue weighted by molar-refractivity contribution is -0.136. The van der Waals surface area contributed by atoms with Crippen LogP contribution >= 0.6 is 0 Å². The lowest BCUT2D eigenvalue weighted by Crippen LogP contribution is -2.35. The van der Waals surface area contributed by atoms with Gasteiger partial charge in [-0.15, -0.1) is 0 Å². The molecule has 0 spiro atoms. The fourth-order valence-corrected chi connectivity index (χ4v) is 2.52. The van der Waals surface area contributed by atoms with Crippen LogP contribution in [0.4, 0.5) is 5.69 Å². The van der Waals surface area contributed by atoms with Gasteiger partial charge in [0.1, 0.15) is 5.82 Å². The van der Waals surface area contributed by atoms with Crippen molar-refractivity contribution in [2.24, 2.45) is 0 Å². The number of para-hydroxylation sites is 2. The number of nitrogens with one attached hydrogen (secondary N) is 3.